The van der Waals surface area contributed by atoms with E-state index in [1.807, 2.05) is 6.07 Å². The van der Waals surface area contributed by atoms with E-state index in [2.05, 4.69) is 52.8 Å². The average Bonchev–Trinajstić information content (AvgIpc) is 2.65. The van der Waals surface area contributed by atoms with Crippen molar-refractivity contribution in [2.75, 3.05) is 0 Å². The molecule has 4 heteroatoms. The molecule has 96 valence electrons. The lowest BCUT2D eigenvalue weighted by Crippen LogP contribution is -1.94. The molecular formula is C15H14ClN3. The van der Waals surface area contributed by atoms with Crippen LogP contribution in [0.4, 0.5) is 0 Å². The Labute approximate surface area is 116 Å². The zero-order valence-corrected chi connectivity index (χ0v) is 11.6. The number of rotatable bonds is 2. The number of fused-ring (bicyclic) bond motifs is 1. The smallest absolute Gasteiger partial charge is 0.222 e. The Balaban J connectivity index is 1.97. The number of hydrogen-bond donors (Lipinski definition) is 0. The summed E-state index contributed by atoms with van der Waals surface area (Å²) in [6.45, 7) is 2.11. The molecule has 0 atom stereocenters. The second-order valence-electron chi connectivity index (χ2n) is 4.73. The Hall–Kier alpha value is -1.87. The molecule has 0 aliphatic carbocycles. The van der Waals surface area contributed by atoms with Gasteiger partial charge >= 0.3 is 0 Å². The fourth-order valence-electron chi connectivity index (χ4n) is 2.32. The zero-order chi connectivity index (χ0) is 13.4. The first-order valence-electron chi connectivity index (χ1n) is 6.16. The first-order valence-corrected chi connectivity index (χ1v) is 6.53. The van der Waals surface area contributed by atoms with E-state index in [9.17, 15) is 0 Å². The molecule has 0 unspecified atom stereocenters. The summed E-state index contributed by atoms with van der Waals surface area (Å²) in [4.78, 5) is 8.12. The molecule has 0 fully saturated rings. The van der Waals surface area contributed by atoms with Gasteiger partial charge in [-0.2, -0.15) is 0 Å². The van der Waals surface area contributed by atoms with Crippen molar-refractivity contribution in [3.8, 4) is 0 Å². The highest BCUT2D eigenvalue weighted by atomic mass is 35.5. The molecule has 0 spiro atoms. The molecule has 3 aromatic rings. The molecule has 3 nitrogen and oxygen atoms in total. The minimum atomic E-state index is 0.300. The van der Waals surface area contributed by atoms with Crippen molar-refractivity contribution in [2.24, 2.45) is 7.05 Å². The van der Waals surface area contributed by atoms with Crippen molar-refractivity contribution >= 4 is 22.5 Å². The highest BCUT2D eigenvalue weighted by molar-refractivity contribution is 6.28. The van der Waals surface area contributed by atoms with Crippen molar-refractivity contribution < 1.29 is 0 Å². The van der Waals surface area contributed by atoms with E-state index in [4.69, 9.17) is 11.6 Å². The summed E-state index contributed by atoms with van der Waals surface area (Å²) in [5.74, 6) is 0. The van der Waals surface area contributed by atoms with Crippen LogP contribution in [0, 0.1) is 6.92 Å². The summed E-state index contributed by atoms with van der Waals surface area (Å²) < 4.78 is 2.20. The minimum Gasteiger partial charge on any atom is -0.348 e. The van der Waals surface area contributed by atoms with Gasteiger partial charge in [-0.3, -0.25) is 0 Å². The maximum absolute atomic E-state index is 5.80. The Morgan fingerprint density at radius 3 is 2.84 bits per heavy atom. The molecule has 0 N–H and O–H groups in total. The van der Waals surface area contributed by atoms with Crippen LogP contribution in [0.5, 0.6) is 0 Å². The molecule has 1 aromatic carbocycles. The van der Waals surface area contributed by atoms with E-state index < -0.39 is 0 Å². The molecule has 0 amide bonds. The first-order chi connectivity index (χ1) is 9.13. The number of benzene rings is 1. The van der Waals surface area contributed by atoms with Crippen molar-refractivity contribution in [3.05, 3.63) is 58.8 Å². The van der Waals surface area contributed by atoms with Gasteiger partial charge in [-0.05, 0) is 48.4 Å². The number of hydrogen-bond acceptors (Lipinski definition) is 2. The van der Waals surface area contributed by atoms with Crippen LogP contribution in [-0.4, -0.2) is 14.5 Å². The predicted molar refractivity (Wildman–Crippen MR) is 77.5 cm³/mol. The number of halogens is 1. The summed E-state index contributed by atoms with van der Waals surface area (Å²) in [5.41, 5.74) is 4.68. The Bertz CT molecular complexity index is 746. The summed E-state index contributed by atoms with van der Waals surface area (Å²) >= 11 is 5.80. The van der Waals surface area contributed by atoms with Gasteiger partial charge < -0.3 is 4.57 Å². The van der Waals surface area contributed by atoms with Crippen molar-refractivity contribution in [2.45, 2.75) is 13.3 Å². The fraction of sp³-hybridized carbons (Fsp3) is 0.200. The summed E-state index contributed by atoms with van der Waals surface area (Å²) in [6, 6.07) is 10.6. The van der Waals surface area contributed by atoms with Crippen LogP contribution in [0.1, 0.15) is 17.0 Å². The van der Waals surface area contributed by atoms with E-state index in [0.29, 0.717) is 5.28 Å². The Morgan fingerprint density at radius 1 is 1.21 bits per heavy atom. The molecule has 0 aliphatic rings. The van der Waals surface area contributed by atoms with Gasteiger partial charge in [0.2, 0.25) is 5.28 Å². The molecule has 0 saturated heterocycles. The maximum atomic E-state index is 5.80. The fourth-order valence-corrected chi connectivity index (χ4v) is 2.49. The van der Waals surface area contributed by atoms with Crippen LogP contribution >= 0.6 is 11.6 Å². The van der Waals surface area contributed by atoms with Gasteiger partial charge in [0.05, 0.1) is 0 Å². The largest absolute Gasteiger partial charge is 0.348 e. The van der Waals surface area contributed by atoms with Crippen LogP contribution in [-0.2, 0) is 13.5 Å². The zero-order valence-electron chi connectivity index (χ0n) is 10.9. The molecule has 3 rings (SSSR count). The maximum Gasteiger partial charge on any atom is 0.222 e. The normalized spacial score (nSPS) is 11.1. The minimum absolute atomic E-state index is 0.300. The monoisotopic (exact) mass is 271 g/mol. The number of aromatic nitrogens is 3. The van der Waals surface area contributed by atoms with E-state index in [1.165, 1.54) is 22.2 Å². The molecule has 0 aliphatic heterocycles. The summed E-state index contributed by atoms with van der Waals surface area (Å²) in [5, 5.41) is 1.56. The highest BCUT2D eigenvalue weighted by Crippen LogP contribution is 2.21. The molecule has 0 radical (unpaired) electrons. The van der Waals surface area contributed by atoms with Gasteiger partial charge in [0.25, 0.3) is 0 Å². The van der Waals surface area contributed by atoms with Gasteiger partial charge in [-0.15, -0.1) is 0 Å². The Morgan fingerprint density at radius 2 is 2.05 bits per heavy atom. The lowest BCUT2D eigenvalue weighted by Gasteiger charge is -2.03. The molecule has 2 aromatic heterocycles. The number of aryl methyl sites for hydroxylation is 2. The third kappa shape index (κ3) is 2.34. The van der Waals surface area contributed by atoms with Gasteiger partial charge in [0, 0.05) is 42.0 Å². The van der Waals surface area contributed by atoms with E-state index in [-0.39, 0.29) is 0 Å². The Kier molecular flexibility index (Phi) is 2.99. The van der Waals surface area contributed by atoms with Gasteiger partial charge in [-0.1, -0.05) is 6.07 Å². The predicted octanol–water partition coefficient (Wildman–Crippen LogP) is 3.52. The third-order valence-corrected chi connectivity index (χ3v) is 3.60. The standard InChI is InChI=1S/C15H14ClN3/c1-10-7-12-8-11(3-4-14(12)19(10)2)9-13-5-6-17-15(16)18-13/h3-8H,9H2,1-2H3. The van der Waals surface area contributed by atoms with Gasteiger partial charge in [0.15, 0.2) is 0 Å². The highest BCUT2D eigenvalue weighted by Gasteiger charge is 2.05. The molecule has 19 heavy (non-hydrogen) atoms. The molecule has 2 heterocycles. The summed E-state index contributed by atoms with van der Waals surface area (Å²) in [6.07, 6.45) is 2.46. The molecule has 0 saturated carbocycles. The number of nitrogens with zero attached hydrogens (tertiary/aromatic N) is 3. The quantitative estimate of drug-likeness (QED) is 0.668. The topological polar surface area (TPSA) is 30.7 Å². The van der Waals surface area contributed by atoms with Crippen molar-refractivity contribution in [3.63, 3.8) is 0 Å². The lowest BCUT2D eigenvalue weighted by molar-refractivity contribution is 0.918. The van der Waals surface area contributed by atoms with Crippen LogP contribution in [0.15, 0.2) is 36.5 Å². The van der Waals surface area contributed by atoms with E-state index >= 15 is 0 Å². The van der Waals surface area contributed by atoms with Crippen LogP contribution in [0.3, 0.4) is 0 Å². The third-order valence-electron chi connectivity index (χ3n) is 3.42. The second kappa shape index (κ2) is 4.67. The lowest BCUT2D eigenvalue weighted by atomic mass is 10.1. The first kappa shape index (κ1) is 12.2. The van der Waals surface area contributed by atoms with E-state index in [1.54, 1.807) is 6.20 Å². The van der Waals surface area contributed by atoms with Crippen LogP contribution < -0.4 is 0 Å². The van der Waals surface area contributed by atoms with Crippen LogP contribution in [0.25, 0.3) is 10.9 Å². The van der Waals surface area contributed by atoms with Crippen molar-refractivity contribution in [1.29, 1.82) is 0 Å². The van der Waals surface area contributed by atoms with Gasteiger partial charge in [-0.25, -0.2) is 9.97 Å². The van der Waals surface area contributed by atoms with Crippen LogP contribution in [0.2, 0.25) is 5.28 Å². The second-order valence-corrected chi connectivity index (χ2v) is 5.07. The average molecular weight is 272 g/mol. The van der Waals surface area contributed by atoms with E-state index in [0.717, 1.165) is 12.1 Å². The molecule has 0 bridgehead atoms. The molecular weight excluding hydrogens is 258 g/mol. The summed E-state index contributed by atoms with van der Waals surface area (Å²) in [7, 11) is 2.08. The SMILES string of the molecule is Cc1cc2cc(Cc3ccnc(Cl)n3)ccc2n1C. The van der Waals surface area contributed by atoms with Crippen molar-refractivity contribution in [1.82, 2.24) is 14.5 Å². The van der Waals surface area contributed by atoms with Gasteiger partial charge in [0.1, 0.15) is 0 Å².